The SMILES string of the molecule is COC(=O)c1ccccc1-n1ccc(N2CC(Oc3ccc(COc4cnccc4C)cc3)C2)c1. The lowest BCUT2D eigenvalue weighted by atomic mass is 10.1. The first-order valence-corrected chi connectivity index (χ1v) is 11.5. The van der Waals surface area contributed by atoms with Crippen molar-refractivity contribution in [2.45, 2.75) is 19.6 Å². The van der Waals surface area contributed by atoms with Crippen LogP contribution in [0, 0.1) is 6.92 Å². The van der Waals surface area contributed by atoms with Gasteiger partial charge in [-0.05, 0) is 54.4 Å². The minimum Gasteiger partial charge on any atom is -0.487 e. The van der Waals surface area contributed by atoms with E-state index in [4.69, 9.17) is 14.2 Å². The lowest BCUT2D eigenvalue weighted by Gasteiger charge is -2.40. The number of rotatable bonds is 8. The quantitative estimate of drug-likeness (QED) is 0.345. The summed E-state index contributed by atoms with van der Waals surface area (Å²) in [6.45, 7) is 4.09. The van der Waals surface area contributed by atoms with Crippen molar-refractivity contribution in [3.05, 3.63) is 102 Å². The summed E-state index contributed by atoms with van der Waals surface area (Å²) < 4.78 is 18.9. The fourth-order valence-electron chi connectivity index (χ4n) is 4.05. The van der Waals surface area contributed by atoms with Gasteiger partial charge in [-0.2, -0.15) is 0 Å². The number of anilines is 1. The molecule has 1 saturated heterocycles. The molecule has 1 aliphatic heterocycles. The molecule has 0 aliphatic carbocycles. The van der Waals surface area contributed by atoms with Crippen LogP contribution in [0.3, 0.4) is 0 Å². The van der Waals surface area contributed by atoms with Crippen LogP contribution in [0.2, 0.25) is 0 Å². The van der Waals surface area contributed by atoms with E-state index in [1.807, 2.05) is 78.5 Å². The number of carbonyl (C=O) groups is 1. The molecule has 0 atom stereocenters. The van der Waals surface area contributed by atoms with Crippen molar-refractivity contribution in [3.63, 3.8) is 0 Å². The number of benzene rings is 2. The van der Waals surface area contributed by atoms with Gasteiger partial charge in [0.15, 0.2) is 0 Å². The molecule has 178 valence electrons. The summed E-state index contributed by atoms with van der Waals surface area (Å²) in [5.74, 6) is 1.29. The van der Waals surface area contributed by atoms with Gasteiger partial charge in [-0.1, -0.05) is 24.3 Å². The molecule has 2 aromatic heterocycles. The number of methoxy groups -OCH3 is 1. The number of aromatic nitrogens is 2. The summed E-state index contributed by atoms with van der Waals surface area (Å²) in [6.07, 6.45) is 7.60. The number of para-hydroxylation sites is 1. The number of ether oxygens (including phenoxy) is 3. The van der Waals surface area contributed by atoms with Gasteiger partial charge in [0.05, 0.1) is 43.3 Å². The van der Waals surface area contributed by atoms with E-state index in [-0.39, 0.29) is 12.1 Å². The Bertz CT molecular complexity index is 1310. The van der Waals surface area contributed by atoms with E-state index in [0.717, 1.165) is 47.1 Å². The van der Waals surface area contributed by atoms with Gasteiger partial charge in [-0.15, -0.1) is 0 Å². The van der Waals surface area contributed by atoms with Crippen LogP contribution in [0.1, 0.15) is 21.5 Å². The standard InChI is InChI=1S/C28H27N3O4/c1-20-11-13-29-15-27(20)34-19-21-7-9-23(10-8-21)35-24-17-31(18-24)22-12-14-30(16-22)26-6-4-3-5-25(26)28(32)33-2/h3-16,24H,17-19H2,1-2H3. The third-order valence-corrected chi connectivity index (χ3v) is 6.09. The van der Waals surface area contributed by atoms with Crippen LogP contribution >= 0.6 is 0 Å². The highest BCUT2D eigenvalue weighted by Crippen LogP contribution is 2.27. The number of nitrogens with zero attached hydrogens (tertiary/aromatic N) is 3. The Morgan fingerprint density at radius 3 is 2.63 bits per heavy atom. The highest BCUT2D eigenvalue weighted by molar-refractivity contribution is 5.93. The predicted octanol–water partition coefficient (Wildman–Crippen LogP) is 4.81. The number of hydrogen-bond donors (Lipinski definition) is 0. The molecular weight excluding hydrogens is 442 g/mol. The zero-order valence-electron chi connectivity index (χ0n) is 19.8. The van der Waals surface area contributed by atoms with Crippen molar-refractivity contribution in [1.82, 2.24) is 9.55 Å². The summed E-state index contributed by atoms with van der Waals surface area (Å²) in [6, 6.07) is 19.4. The van der Waals surface area contributed by atoms with Crippen molar-refractivity contribution in [2.75, 3.05) is 25.1 Å². The Hall–Kier alpha value is -4.26. The minimum absolute atomic E-state index is 0.126. The third kappa shape index (κ3) is 4.99. The Morgan fingerprint density at radius 1 is 1.06 bits per heavy atom. The molecule has 35 heavy (non-hydrogen) atoms. The average Bonchev–Trinajstić information content (AvgIpc) is 3.35. The van der Waals surface area contributed by atoms with Crippen molar-refractivity contribution < 1.29 is 19.0 Å². The van der Waals surface area contributed by atoms with Gasteiger partial charge in [0.1, 0.15) is 24.2 Å². The number of aryl methyl sites for hydroxylation is 1. The van der Waals surface area contributed by atoms with Gasteiger partial charge >= 0.3 is 5.97 Å². The van der Waals surface area contributed by atoms with Crippen molar-refractivity contribution in [3.8, 4) is 17.2 Å². The molecule has 7 nitrogen and oxygen atoms in total. The second-order valence-electron chi connectivity index (χ2n) is 8.50. The summed E-state index contributed by atoms with van der Waals surface area (Å²) >= 11 is 0. The zero-order valence-corrected chi connectivity index (χ0v) is 19.8. The van der Waals surface area contributed by atoms with Gasteiger partial charge in [-0.3, -0.25) is 4.98 Å². The third-order valence-electron chi connectivity index (χ3n) is 6.09. The molecule has 0 saturated carbocycles. The summed E-state index contributed by atoms with van der Waals surface area (Å²) in [5, 5.41) is 0. The molecule has 5 rings (SSSR count). The summed E-state index contributed by atoms with van der Waals surface area (Å²) in [4.78, 5) is 18.5. The molecule has 1 aliphatic rings. The molecule has 4 aromatic rings. The zero-order chi connectivity index (χ0) is 24.2. The molecule has 1 fully saturated rings. The van der Waals surface area contributed by atoms with Crippen molar-refractivity contribution >= 4 is 11.7 Å². The smallest absolute Gasteiger partial charge is 0.339 e. The van der Waals surface area contributed by atoms with E-state index < -0.39 is 0 Å². The second kappa shape index (κ2) is 9.93. The van der Waals surface area contributed by atoms with Crippen LogP contribution in [-0.2, 0) is 11.3 Å². The molecule has 3 heterocycles. The largest absolute Gasteiger partial charge is 0.487 e. The molecule has 0 amide bonds. The second-order valence-corrected chi connectivity index (χ2v) is 8.50. The summed E-state index contributed by atoms with van der Waals surface area (Å²) in [5.41, 5.74) is 4.55. The monoisotopic (exact) mass is 469 g/mol. The van der Waals surface area contributed by atoms with Crippen LogP contribution < -0.4 is 14.4 Å². The van der Waals surface area contributed by atoms with Crippen LogP contribution in [0.5, 0.6) is 11.5 Å². The first-order chi connectivity index (χ1) is 17.1. The first-order valence-electron chi connectivity index (χ1n) is 11.5. The minimum atomic E-state index is -0.349. The molecule has 0 bridgehead atoms. The van der Waals surface area contributed by atoms with Gasteiger partial charge in [0.2, 0.25) is 0 Å². The highest BCUT2D eigenvalue weighted by atomic mass is 16.5. The number of carbonyl (C=O) groups excluding carboxylic acids is 1. The summed E-state index contributed by atoms with van der Waals surface area (Å²) in [7, 11) is 1.39. The first kappa shape index (κ1) is 22.5. The highest BCUT2D eigenvalue weighted by Gasteiger charge is 2.29. The maximum Gasteiger partial charge on any atom is 0.339 e. The molecule has 7 heteroatoms. The fraction of sp³-hybridized carbons (Fsp3) is 0.214. The van der Waals surface area contributed by atoms with Gasteiger partial charge in [0, 0.05) is 18.6 Å². The molecule has 0 spiro atoms. The van der Waals surface area contributed by atoms with E-state index >= 15 is 0 Å². The number of hydrogen-bond acceptors (Lipinski definition) is 6. The van der Waals surface area contributed by atoms with Gasteiger partial charge in [0.25, 0.3) is 0 Å². The molecule has 0 radical (unpaired) electrons. The number of esters is 1. The van der Waals surface area contributed by atoms with E-state index in [1.54, 1.807) is 18.5 Å². The molecular formula is C28H27N3O4. The number of pyridine rings is 1. The van der Waals surface area contributed by atoms with Crippen LogP contribution in [0.4, 0.5) is 5.69 Å². The Balaban J connectivity index is 1.14. The topological polar surface area (TPSA) is 65.8 Å². The Kier molecular flexibility index (Phi) is 6.39. The van der Waals surface area contributed by atoms with Crippen LogP contribution in [0.25, 0.3) is 5.69 Å². The molecule has 2 aromatic carbocycles. The van der Waals surface area contributed by atoms with E-state index in [2.05, 4.69) is 9.88 Å². The van der Waals surface area contributed by atoms with Crippen LogP contribution in [-0.4, -0.2) is 41.8 Å². The molecule has 0 N–H and O–H groups in total. The van der Waals surface area contributed by atoms with Crippen molar-refractivity contribution in [1.29, 1.82) is 0 Å². The normalized spacial score (nSPS) is 13.3. The van der Waals surface area contributed by atoms with Gasteiger partial charge in [-0.25, -0.2) is 4.79 Å². The Labute approximate surface area is 204 Å². The maximum absolute atomic E-state index is 12.1. The average molecular weight is 470 g/mol. The Morgan fingerprint density at radius 2 is 1.86 bits per heavy atom. The van der Waals surface area contributed by atoms with E-state index in [1.165, 1.54) is 7.11 Å². The predicted molar refractivity (Wildman–Crippen MR) is 133 cm³/mol. The van der Waals surface area contributed by atoms with Gasteiger partial charge < -0.3 is 23.7 Å². The molecule has 0 unspecified atom stereocenters. The lowest BCUT2D eigenvalue weighted by Crippen LogP contribution is -2.53. The van der Waals surface area contributed by atoms with E-state index in [0.29, 0.717) is 12.2 Å². The van der Waals surface area contributed by atoms with Crippen molar-refractivity contribution in [2.24, 2.45) is 0 Å². The van der Waals surface area contributed by atoms with E-state index in [9.17, 15) is 4.79 Å². The van der Waals surface area contributed by atoms with Crippen LogP contribution in [0.15, 0.2) is 85.5 Å². The fourth-order valence-corrected chi connectivity index (χ4v) is 4.05. The maximum atomic E-state index is 12.1. The lowest BCUT2D eigenvalue weighted by molar-refractivity contribution is 0.0600.